The van der Waals surface area contributed by atoms with Crippen LogP contribution in [0.25, 0.3) is 0 Å². The van der Waals surface area contributed by atoms with Crippen LogP contribution < -0.4 is 0 Å². The van der Waals surface area contributed by atoms with Crippen LogP contribution in [0.2, 0.25) is 0 Å². The van der Waals surface area contributed by atoms with Crippen molar-refractivity contribution >= 4 is 0 Å². The minimum Gasteiger partial charge on any atom is -0.508 e. The molecule has 174 valence electrons. The summed E-state index contributed by atoms with van der Waals surface area (Å²) in [6, 6.07) is 8.16. The summed E-state index contributed by atoms with van der Waals surface area (Å²) in [6.07, 6.45) is 24.4. The fourth-order valence-corrected chi connectivity index (χ4v) is 5.05. The molecule has 0 aliphatic rings. The second-order valence-corrected chi connectivity index (χ2v) is 9.53. The molecule has 0 aliphatic carbocycles. The first-order valence-electron chi connectivity index (χ1n) is 13.5. The maximum Gasteiger partial charge on any atom is 0.119 e. The molecule has 0 amide bonds. The van der Waals surface area contributed by atoms with Crippen LogP contribution in [0.3, 0.4) is 0 Å². The van der Waals surface area contributed by atoms with Crippen molar-refractivity contribution in [2.24, 2.45) is 5.92 Å². The van der Waals surface area contributed by atoms with Crippen LogP contribution >= 0.6 is 0 Å². The fraction of sp³-hybridized carbons (Fsp3) is 0.793. The van der Waals surface area contributed by atoms with Crippen LogP contribution in [0.4, 0.5) is 0 Å². The minimum atomic E-state index is 0.519. The van der Waals surface area contributed by atoms with Gasteiger partial charge in [-0.05, 0) is 36.3 Å². The highest BCUT2D eigenvalue weighted by Gasteiger charge is 2.24. The van der Waals surface area contributed by atoms with E-state index in [-0.39, 0.29) is 0 Å². The third kappa shape index (κ3) is 12.0. The van der Waals surface area contributed by atoms with E-state index in [0.717, 1.165) is 5.92 Å². The molecule has 0 heterocycles. The van der Waals surface area contributed by atoms with Gasteiger partial charge in [0, 0.05) is 0 Å². The highest BCUT2D eigenvalue weighted by atomic mass is 16.3. The maximum absolute atomic E-state index is 10.6. The second-order valence-electron chi connectivity index (χ2n) is 9.53. The Hall–Kier alpha value is -0.980. The van der Waals surface area contributed by atoms with Crippen LogP contribution in [0.15, 0.2) is 24.3 Å². The van der Waals surface area contributed by atoms with Crippen molar-refractivity contribution in [3.05, 3.63) is 29.8 Å². The van der Waals surface area contributed by atoms with Crippen molar-refractivity contribution in [3.8, 4) is 5.75 Å². The lowest BCUT2D eigenvalue weighted by atomic mass is 9.77. The van der Waals surface area contributed by atoms with Crippen LogP contribution in [0.5, 0.6) is 5.75 Å². The number of unbranched alkanes of at least 4 members (excludes halogenated alkanes) is 12. The summed E-state index contributed by atoms with van der Waals surface area (Å²) in [6.45, 7) is 6.90. The first-order chi connectivity index (χ1) is 14.7. The molecule has 1 N–H and O–H groups in total. The number of phenolic OH excluding ortho intramolecular Hbond substituents is 1. The zero-order valence-electron chi connectivity index (χ0n) is 20.6. The molecule has 0 radical (unpaired) electrons. The first-order valence-corrected chi connectivity index (χ1v) is 13.5. The monoisotopic (exact) mass is 416 g/mol. The van der Waals surface area contributed by atoms with Gasteiger partial charge in [-0.2, -0.15) is 0 Å². The third-order valence-corrected chi connectivity index (χ3v) is 6.86. The van der Waals surface area contributed by atoms with Crippen molar-refractivity contribution in [3.63, 3.8) is 0 Å². The number of aromatic hydroxyl groups is 1. The van der Waals surface area contributed by atoms with Gasteiger partial charge in [-0.1, -0.05) is 142 Å². The van der Waals surface area contributed by atoms with E-state index in [1.807, 2.05) is 12.1 Å². The molecule has 1 nitrogen and oxygen atoms in total. The number of hydrogen-bond donors (Lipinski definition) is 1. The van der Waals surface area contributed by atoms with Crippen LogP contribution in [-0.4, -0.2) is 5.11 Å². The fourth-order valence-electron chi connectivity index (χ4n) is 5.05. The van der Waals surface area contributed by atoms with Crippen LogP contribution in [-0.2, 0) is 0 Å². The van der Waals surface area contributed by atoms with E-state index >= 15 is 0 Å². The molecule has 0 fully saturated rings. The lowest BCUT2D eigenvalue weighted by Crippen LogP contribution is -2.14. The molecule has 2 atom stereocenters. The van der Waals surface area contributed by atoms with Gasteiger partial charge in [0.15, 0.2) is 0 Å². The van der Waals surface area contributed by atoms with Gasteiger partial charge >= 0.3 is 0 Å². The molecule has 0 aromatic heterocycles. The van der Waals surface area contributed by atoms with Gasteiger partial charge in [-0.3, -0.25) is 0 Å². The predicted octanol–water partition coefficient (Wildman–Crippen LogP) is 10.2. The summed E-state index contributed by atoms with van der Waals surface area (Å²) in [5.74, 6) is 1.77. The van der Waals surface area contributed by atoms with E-state index in [2.05, 4.69) is 32.9 Å². The molecule has 0 saturated carbocycles. The molecule has 2 unspecified atom stereocenters. The van der Waals surface area contributed by atoms with Crippen molar-refractivity contribution < 1.29 is 5.11 Å². The SMILES string of the molecule is CCCCCCCCCCCC(c1ccccc1O)C(CCC)CCCCCCC. The summed E-state index contributed by atoms with van der Waals surface area (Å²) in [4.78, 5) is 0. The molecule has 1 rings (SSSR count). The lowest BCUT2D eigenvalue weighted by Gasteiger charge is -2.28. The van der Waals surface area contributed by atoms with E-state index in [9.17, 15) is 5.11 Å². The molecule has 0 saturated heterocycles. The van der Waals surface area contributed by atoms with E-state index in [0.29, 0.717) is 11.7 Å². The van der Waals surface area contributed by atoms with Gasteiger partial charge in [0.1, 0.15) is 5.75 Å². The average Bonchev–Trinajstić information content (AvgIpc) is 2.75. The highest BCUT2D eigenvalue weighted by Crippen LogP contribution is 2.40. The van der Waals surface area contributed by atoms with Crippen LogP contribution in [0, 0.1) is 5.92 Å². The van der Waals surface area contributed by atoms with Gasteiger partial charge in [0.05, 0.1) is 0 Å². The predicted molar refractivity (Wildman–Crippen MR) is 134 cm³/mol. The average molecular weight is 417 g/mol. The summed E-state index contributed by atoms with van der Waals surface area (Å²) in [7, 11) is 0. The number of phenols is 1. The summed E-state index contributed by atoms with van der Waals surface area (Å²) < 4.78 is 0. The molecule has 1 aromatic rings. The summed E-state index contributed by atoms with van der Waals surface area (Å²) in [5.41, 5.74) is 1.21. The molecular formula is C29H52O. The van der Waals surface area contributed by atoms with E-state index in [4.69, 9.17) is 0 Å². The van der Waals surface area contributed by atoms with E-state index in [1.165, 1.54) is 121 Å². The Morgan fingerprint density at radius 1 is 0.567 bits per heavy atom. The van der Waals surface area contributed by atoms with Gasteiger partial charge in [0.2, 0.25) is 0 Å². The zero-order valence-corrected chi connectivity index (χ0v) is 20.6. The Kier molecular flexibility index (Phi) is 16.9. The number of rotatable bonds is 20. The Morgan fingerprint density at radius 3 is 1.60 bits per heavy atom. The van der Waals surface area contributed by atoms with Gasteiger partial charge in [-0.15, -0.1) is 0 Å². The van der Waals surface area contributed by atoms with Crippen molar-refractivity contribution in [2.45, 2.75) is 142 Å². The largest absolute Gasteiger partial charge is 0.508 e. The Balaban J connectivity index is 2.55. The smallest absolute Gasteiger partial charge is 0.119 e. The maximum atomic E-state index is 10.6. The third-order valence-electron chi connectivity index (χ3n) is 6.86. The summed E-state index contributed by atoms with van der Waals surface area (Å²) in [5, 5.41) is 10.6. The van der Waals surface area contributed by atoms with E-state index in [1.54, 1.807) is 0 Å². The van der Waals surface area contributed by atoms with Crippen molar-refractivity contribution in [1.29, 1.82) is 0 Å². The van der Waals surface area contributed by atoms with Gasteiger partial charge in [-0.25, -0.2) is 0 Å². The lowest BCUT2D eigenvalue weighted by molar-refractivity contribution is 0.321. The Morgan fingerprint density at radius 2 is 1.07 bits per heavy atom. The molecule has 1 heteroatoms. The molecule has 30 heavy (non-hydrogen) atoms. The first kappa shape index (κ1) is 27.1. The summed E-state index contributed by atoms with van der Waals surface area (Å²) >= 11 is 0. The quantitative estimate of drug-likeness (QED) is 0.210. The zero-order chi connectivity index (χ0) is 21.9. The van der Waals surface area contributed by atoms with E-state index < -0.39 is 0 Å². The second kappa shape index (κ2) is 18.8. The van der Waals surface area contributed by atoms with Crippen molar-refractivity contribution in [1.82, 2.24) is 0 Å². The van der Waals surface area contributed by atoms with Gasteiger partial charge in [0.25, 0.3) is 0 Å². The Bertz CT molecular complexity index is 495. The molecule has 0 aliphatic heterocycles. The number of benzene rings is 1. The highest BCUT2D eigenvalue weighted by molar-refractivity contribution is 5.35. The van der Waals surface area contributed by atoms with Crippen LogP contribution in [0.1, 0.15) is 148 Å². The van der Waals surface area contributed by atoms with Crippen molar-refractivity contribution in [2.75, 3.05) is 0 Å². The molecule has 1 aromatic carbocycles. The topological polar surface area (TPSA) is 20.2 Å². The Labute approximate surface area is 189 Å². The van der Waals surface area contributed by atoms with Gasteiger partial charge < -0.3 is 5.11 Å². The number of para-hydroxylation sites is 1. The molecule has 0 spiro atoms. The normalized spacial score (nSPS) is 13.4. The molecular weight excluding hydrogens is 364 g/mol. The standard InChI is InChI=1S/C29H52O/c1-4-7-9-11-12-13-14-16-18-23-27(28-24-19-20-25-29(28)30)26(21-6-3)22-17-15-10-8-5-2/h19-20,24-27,30H,4-18,21-23H2,1-3H3. The molecule has 0 bridgehead atoms. The number of hydrogen-bond acceptors (Lipinski definition) is 1. The minimum absolute atomic E-state index is 0.519.